The van der Waals surface area contributed by atoms with Gasteiger partial charge in [-0.1, -0.05) is 0 Å². The Labute approximate surface area is 105 Å². The molecule has 0 spiro atoms. The number of aromatic carboxylic acids is 1. The fourth-order valence-electron chi connectivity index (χ4n) is 1.99. The van der Waals surface area contributed by atoms with Crippen LogP contribution in [-0.4, -0.2) is 41.5 Å². The normalized spacial score (nSPS) is 14.6. The number of carboxylic acids is 1. The topological polar surface area (TPSA) is 69.6 Å². The molecule has 5 nitrogen and oxygen atoms in total. The third kappa shape index (κ3) is 3.00. The Hall–Kier alpha value is -2.04. The Balaban J connectivity index is 1.86. The van der Waals surface area contributed by atoms with Gasteiger partial charge in [-0.2, -0.15) is 0 Å². The maximum absolute atomic E-state index is 11.8. The molecule has 96 valence electrons. The van der Waals surface area contributed by atoms with E-state index in [9.17, 15) is 9.59 Å². The first-order valence-electron chi connectivity index (χ1n) is 6.02. The average Bonchev–Trinajstić information content (AvgIpc) is 2.90. The lowest BCUT2D eigenvalue weighted by Gasteiger charge is -2.15. The molecule has 1 fully saturated rings. The molecular formula is C13H16N2O3. The van der Waals surface area contributed by atoms with Crippen molar-refractivity contribution in [2.75, 3.05) is 25.0 Å². The first kappa shape index (κ1) is 12.4. The van der Waals surface area contributed by atoms with E-state index in [0.29, 0.717) is 0 Å². The number of nitrogens with one attached hydrogen (secondary N) is 1. The first-order valence-corrected chi connectivity index (χ1v) is 6.02. The number of anilines is 1. The van der Waals surface area contributed by atoms with Crippen LogP contribution in [0.25, 0.3) is 0 Å². The van der Waals surface area contributed by atoms with E-state index in [-0.39, 0.29) is 18.0 Å². The summed E-state index contributed by atoms with van der Waals surface area (Å²) >= 11 is 0. The van der Waals surface area contributed by atoms with Gasteiger partial charge in [-0.25, -0.2) is 4.79 Å². The van der Waals surface area contributed by atoms with Crippen LogP contribution in [0.5, 0.6) is 0 Å². The van der Waals surface area contributed by atoms with Crippen molar-refractivity contribution >= 4 is 17.6 Å². The highest BCUT2D eigenvalue weighted by Gasteiger charge is 2.17. The smallest absolute Gasteiger partial charge is 0.335 e. The molecule has 0 aromatic heterocycles. The average molecular weight is 248 g/mol. The fraction of sp³-hybridized carbons (Fsp3) is 0.385. The molecule has 1 aliphatic heterocycles. The molecule has 0 unspecified atom stereocenters. The number of carboxylic acid groups (broad SMARTS) is 1. The molecule has 1 aromatic rings. The van der Waals surface area contributed by atoms with E-state index in [0.717, 1.165) is 31.6 Å². The van der Waals surface area contributed by atoms with Gasteiger partial charge in [-0.3, -0.25) is 4.79 Å². The van der Waals surface area contributed by atoms with Crippen LogP contribution in [0.15, 0.2) is 24.3 Å². The molecule has 1 heterocycles. The third-order valence-corrected chi connectivity index (χ3v) is 3.03. The maximum atomic E-state index is 11.8. The molecule has 1 amide bonds. The highest BCUT2D eigenvalue weighted by atomic mass is 16.4. The zero-order chi connectivity index (χ0) is 13.0. The molecule has 5 heteroatoms. The van der Waals surface area contributed by atoms with Crippen molar-refractivity contribution in [3.8, 4) is 0 Å². The molecule has 2 N–H and O–H groups in total. The van der Waals surface area contributed by atoms with Crippen molar-refractivity contribution < 1.29 is 14.7 Å². The first-order chi connectivity index (χ1) is 8.66. The number of nitrogens with zero attached hydrogens (tertiary/aromatic N) is 1. The second-order valence-corrected chi connectivity index (χ2v) is 4.32. The monoisotopic (exact) mass is 248 g/mol. The SMILES string of the molecule is O=C(O)c1ccc(NCC(=O)N2CCCC2)cc1. The molecular weight excluding hydrogens is 232 g/mol. The van der Waals surface area contributed by atoms with E-state index in [1.54, 1.807) is 12.1 Å². The van der Waals surface area contributed by atoms with Gasteiger partial charge in [0, 0.05) is 18.8 Å². The predicted molar refractivity (Wildman–Crippen MR) is 67.7 cm³/mol. The Morgan fingerprint density at radius 2 is 1.78 bits per heavy atom. The summed E-state index contributed by atoms with van der Waals surface area (Å²) in [6.07, 6.45) is 2.16. The lowest BCUT2D eigenvalue weighted by molar-refractivity contribution is -0.128. The molecule has 1 aliphatic rings. The van der Waals surface area contributed by atoms with E-state index >= 15 is 0 Å². The molecule has 0 bridgehead atoms. The van der Waals surface area contributed by atoms with Gasteiger partial charge in [0.25, 0.3) is 0 Å². The molecule has 0 radical (unpaired) electrons. The summed E-state index contributed by atoms with van der Waals surface area (Å²) in [4.78, 5) is 24.3. The minimum absolute atomic E-state index is 0.0924. The third-order valence-electron chi connectivity index (χ3n) is 3.03. The second kappa shape index (κ2) is 5.53. The van der Waals surface area contributed by atoms with E-state index < -0.39 is 5.97 Å². The van der Waals surface area contributed by atoms with Crippen LogP contribution in [0.1, 0.15) is 23.2 Å². The van der Waals surface area contributed by atoms with E-state index in [4.69, 9.17) is 5.11 Å². The summed E-state index contributed by atoms with van der Waals surface area (Å²) in [7, 11) is 0. The summed E-state index contributed by atoms with van der Waals surface area (Å²) in [5, 5.41) is 11.8. The van der Waals surface area contributed by atoms with Crippen molar-refractivity contribution in [1.29, 1.82) is 0 Å². The molecule has 1 aromatic carbocycles. The molecule has 2 rings (SSSR count). The van der Waals surface area contributed by atoms with Crippen LogP contribution in [0, 0.1) is 0 Å². The van der Waals surface area contributed by atoms with Crippen molar-refractivity contribution in [2.45, 2.75) is 12.8 Å². The summed E-state index contributed by atoms with van der Waals surface area (Å²) in [6.45, 7) is 1.95. The van der Waals surface area contributed by atoms with Gasteiger partial charge in [0.05, 0.1) is 12.1 Å². The second-order valence-electron chi connectivity index (χ2n) is 4.32. The fourth-order valence-corrected chi connectivity index (χ4v) is 1.99. The van der Waals surface area contributed by atoms with Gasteiger partial charge in [0.15, 0.2) is 0 Å². The molecule has 0 atom stereocenters. The van der Waals surface area contributed by atoms with Crippen LogP contribution < -0.4 is 5.32 Å². The molecule has 0 aliphatic carbocycles. The lowest BCUT2D eigenvalue weighted by atomic mass is 10.2. The van der Waals surface area contributed by atoms with Crippen LogP contribution in [0.4, 0.5) is 5.69 Å². The summed E-state index contributed by atoms with van der Waals surface area (Å²) in [5.41, 5.74) is 0.999. The number of likely N-dealkylation sites (tertiary alicyclic amines) is 1. The van der Waals surface area contributed by atoms with Crippen molar-refractivity contribution in [2.24, 2.45) is 0 Å². The van der Waals surface area contributed by atoms with Gasteiger partial charge < -0.3 is 15.3 Å². The molecule has 0 saturated carbocycles. The molecule has 1 saturated heterocycles. The standard InChI is InChI=1S/C13H16N2O3/c16-12(15-7-1-2-8-15)9-14-11-5-3-10(4-6-11)13(17)18/h3-6,14H,1-2,7-9H2,(H,17,18). The predicted octanol–water partition coefficient (Wildman–Crippen LogP) is 1.42. The van der Waals surface area contributed by atoms with Crippen molar-refractivity contribution in [3.05, 3.63) is 29.8 Å². The van der Waals surface area contributed by atoms with Gasteiger partial charge in [0.1, 0.15) is 0 Å². The van der Waals surface area contributed by atoms with Crippen LogP contribution >= 0.6 is 0 Å². The highest BCUT2D eigenvalue weighted by molar-refractivity contribution is 5.88. The maximum Gasteiger partial charge on any atom is 0.335 e. The van der Waals surface area contributed by atoms with Gasteiger partial charge in [0.2, 0.25) is 5.91 Å². The van der Waals surface area contributed by atoms with Crippen LogP contribution in [-0.2, 0) is 4.79 Å². The van der Waals surface area contributed by atoms with E-state index in [1.165, 1.54) is 12.1 Å². The Kier molecular flexibility index (Phi) is 3.82. The summed E-state index contributed by atoms with van der Waals surface area (Å²) in [6, 6.07) is 6.37. The number of carbonyl (C=O) groups is 2. The van der Waals surface area contributed by atoms with Crippen LogP contribution in [0.3, 0.4) is 0 Å². The lowest BCUT2D eigenvalue weighted by Crippen LogP contribution is -2.32. The Bertz CT molecular complexity index is 436. The van der Waals surface area contributed by atoms with Crippen molar-refractivity contribution in [3.63, 3.8) is 0 Å². The molecule has 18 heavy (non-hydrogen) atoms. The highest BCUT2D eigenvalue weighted by Crippen LogP contribution is 2.11. The zero-order valence-electron chi connectivity index (χ0n) is 10.1. The Morgan fingerprint density at radius 1 is 1.17 bits per heavy atom. The summed E-state index contributed by atoms with van der Waals surface area (Å²) < 4.78 is 0. The number of hydrogen-bond donors (Lipinski definition) is 2. The summed E-state index contributed by atoms with van der Waals surface area (Å²) in [5.74, 6) is -0.857. The van der Waals surface area contributed by atoms with Gasteiger partial charge in [-0.05, 0) is 37.1 Å². The van der Waals surface area contributed by atoms with Crippen molar-refractivity contribution in [1.82, 2.24) is 4.90 Å². The number of carbonyl (C=O) groups excluding carboxylic acids is 1. The number of amides is 1. The number of hydrogen-bond acceptors (Lipinski definition) is 3. The quantitative estimate of drug-likeness (QED) is 0.845. The largest absolute Gasteiger partial charge is 0.478 e. The van der Waals surface area contributed by atoms with Crippen LogP contribution in [0.2, 0.25) is 0 Å². The van der Waals surface area contributed by atoms with Gasteiger partial charge in [-0.15, -0.1) is 0 Å². The van der Waals surface area contributed by atoms with E-state index in [1.807, 2.05) is 4.90 Å². The number of benzene rings is 1. The zero-order valence-corrected chi connectivity index (χ0v) is 10.1. The van der Waals surface area contributed by atoms with Gasteiger partial charge >= 0.3 is 5.97 Å². The Morgan fingerprint density at radius 3 is 2.33 bits per heavy atom. The van der Waals surface area contributed by atoms with E-state index in [2.05, 4.69) is 5.32 Å². The minimum Gasteiger partial charge on any atom is -0.478 e. The minimum atomic E-state index is -0.949. The number of rotatable bonds is 4.